The molecule has 0 aromatic heterocycles. The summed E-state index contributed by atoms with van der Waals surface area (Å²) in [7, 11) is -6.46. The van der Waals surface area contributed by atoms with Crippen LogP contribution in [0.3, 0.4) is 0 Å². The highest BCUT2D eigenvalue weighted by Gasteiger charge is 2.29. The molecule has 6 nitrogen and oxygen atoms in total. The Labute approximate surface area is 129 Å². The predicted molar refractivity (Wildman–Crippen MR) is 85.6 cm³/mol. The summed E-state index contributed by atoms with van der Waals surface area (Å²) in [6.45, 7) is 0.133. The van der Waals surface area contributed by atoms with Crippen molar-refractivity contribution in [2.75, 3.05) is 41.8 Å². The summed E-state index contributed by atoms with van der Waals surface area (Å²) >= 11 is 1.44. The zero-order valence-corrected chi connectivity index (χ0v) is 13.9. The fraction of sp³-hybridized carbons (Fsp3) is 0.500. The van der Waals surface area contributed by atoms with E-state index in [4.69, 9.17) is 5.73 Å². The van der Waals surface area contributed by atoms with E-state index in [1.54, 1.807) is 12.1 Å². The topological polar surface area (TPSA) is 97.5 Å². The minimum atomic E-state index is -3.39. The van der Waals surface area contributed by atoms with Gasteiger partial charge in [0.15, 0.2) is 9.84 Å². The highest BCUT2D eigenvalue weighted by Crippen LogP contribution is 2.20. The average molecular weight is 350 g/mol. The van der Waals surface area contributed by atoms with Gasteiger partial charge in [-0.2, -0.15) is 4.31 Å². The predicted octanol–water partition coefficient (Wildman–Crippen LogP) is 0.421. The number of rotatable bonds is 5. The smallest absolute Gasteiger partial charge is 0.214 e. The molecule has 1 aliphatic heterocycles. The van der Waals surface area contributed by atoms with Crippen LogP contribution in [0.5, 0.6) is 0 Å². The Hall–Kier alpha value is -0.770. The molecule has 21 heavy (non-hydrogen) atoms. The van der Waals surface area contributed by atoms with Crippen molar-refractivity contribution < 1.29 is 16.8 Å². The number of nitrogens with two attached hydrogens (primary N) is 1. The van der Waals surface area contributed by atoms with E-state index in [-0.39, 0.29) is 30.3 Å². The first-order valence-electron chi connectivity index (χ1n) is 6.45. The zero-order valence-electron chi connectivity index (χ0n) is 11.4. The van der Waals surface area contributed by atoms with Gasteiger partial charge >= 0.3 is 0 Å². The van der Waals surface area contributed by atoms with E-state index in [0.717, 1.165) is 4.90 Å². The largest absolute Gasteiger partial charge is 0.399 e. The van der Waals surface area contributed by atoms with Crippen LogP contribution < -0.4 is 5.73 Å². The zero-order chi connectivity index (χ0) is 15.5. The van der Waals surface area contributed by atoms with Gasteiger partial charge in [0.2, 0.25) is 10.0 Å². The van der Waals surface area contributed by atoms with Gasteiger partial charge in [-0.05, 0) is 24.3 Å². The standard InChI is InChI=1S/C12H18N2O4S3/c13-11-1-3-12(4-2-11)19-7-10-21(17,18)14-5-8-20(15,16)9-6-14/h1-4H,5-10,13H2. The monoisotopic (exact) mass is 350 g/mol. The van der Waals surface area contributed by atoms with Crippen molar-refractivity contribution in [3.8, 4) is 0 Å². The first kappa shape index (κ1) is 16.6. The molecule has 1 aromatic rings. The van der Waals surface area contributed by atoms with E-state index < -0.39 is 19.9 Å². The molecule has 0 bridgehead atoms. The van der Waals surface area contributed by atoms with Crippen molar-refractivity contribution in [1.29, 1.82) is 0 Å². The maximum atomic E-state index is 12.1. The Bertz CT molecular complexity index is 670. The van der Waals surface area contributed by atoms with E-state index in [2.05, 4.69) is 0 Å². The number of benzene rings is 1. The third-order valence-corrected chi connectivity index (χ3v) is 7.94. The minimum Gasteiger partial charge on any atom is -0.399 e. The number of sulfone groups is 1. The van der Waals surface area contributed by atoms with Gasteiger partial charge in [-0.15, -0.1) is 11.8 Å². The van der Waals surface area contributed by atoms with Crippen molar-refractivity contribution in [3.05, 3.63) is 24.3 Å². The van der Waals surface area contributed by atoms with Crippen LogP contribution in [0.4, 0.5) is 5.69 Å². The van der Waals surface area contributed by atoms with E-state index >= 15 is 0 Å². The van der Waals surface area contributed by atoms with Crippen LogP contribution in [0.2, 0.25) is 0 Å². The maximum absolute atomic E-state index is 12.1. The third-order valence-electron chi connectivity index (χ3n) is 3.19. The lowest BCUT2D eigenvalue weighted by atomic mass is 10.3. The van der Waals surface area contributed by atoms with E-state index in [1.165, 1.54) is 16.1 Å². The average Bonchev–Trinajstić information content (AvgIpc) is 2.40. The Balaban J connectivity index is 1.86. The first-order chi connectivity index (χ1) is 9.78. The van der Waals surface area contributed by atoms with Gasteiger partial charge in [0.1, 0.15) is 0 Å². The second-order valence-corrected chi connectivity index (χ2v) is 10.3. The van der Waals surface area contributed by atoms with E-state index in [1.807, 2.05) is 12.1 Å². The van der Waals surface area contributed by atoms with Crippen molar-refractivity contribution in [2.45, 2.75) is 4.90 Å². The fourth-order valence-corrected chi connectivity index (χ4v) is 6.10. The number of nitrogens with zero attached hydrogens (tertiary/aromatic N) is 1. The Morgan fingerprint density at radius 3 is 2.29 bits per heavy atom. The van der Waals surface area contributed by atoms with Crippen LogP contribution in [0, 0.1) is 0 Å². The molecule has 0 atom stereocenters. The van der Waals surface area contributed by atoms with Crippen molar-refractivity contribution in [3.63, 3.8) is 0 Å². The second-order valence-electron chi connectivity index (χ2n) is 4.78. The highest BCUT2D eigenvalue weighted by molar-refractivity contribution is 8.00. The summed E-state index contributed by atoms with van der Waals surface area (Å²) in [5, 5.41) is 0. The quantitative estimate of drug-likeness (QED) is 0.610. The lowest BCUT2D eigenvalue weighted by molar-refractivity contribution is 0.432. The maximum Gasteiger partial charge on any atom is 0.214 e. The summed E-state index contributed by atoms with van der Waals surface area (Å²) < 4.78 is 48.2. The van der Waals surface area contributed by atoms with Crippen molar-refractivity contribution in [2.24, 2.45) is 0 Å². The van der Waals surface area contributed by atoms with Crippen LogP contribution in [0.1, 0.15) is 0 Å². The molecule has 0 aliphatic carbocycles. The molecule has 1 saturated heterocycles. The lowest BCUT2D eigenvalue weighted by Crippen LogP contribution is -2.44. The molecule has 0 radical (unpaired) electrons. The normalized spacial score (nSPS) is 19.4. The number of thioether (sulfide) groups is 1. The van der Waals surface area contributed by atoms with E-state index in [9.17, 15) is 16.8 Å². The van der Waals surface area contributed by atoms with Gasteiger partial charge in [0.05, 0.1) is 17.3 Å². The lowest BCUT2D eigenvalue weighted by Gasteiger charge is -2.25. The fourth-order valence-electron chi connectivity index (χ4n) is 1.93. The molecule has 0 spiro atoms. The number of sulfonamides is 1. The Morgan fingerprint density at radius 2 is 1.71 bits per heavy atom. The number of nitrogen functional groups attached to an aromatic ring is 1. The number of anilines is 1. The minimum absolute atomic E-state index is 0.00207. The molecule has 2 rings (SSSR count). The van der Waals surface area contributed by atoms with Gasteiger partial charge in [0, 0.05) is 29.4 Å². The summed E-state index contributed by atoms with van der Waals surface area (Å²) in [6, 6.07) is 7.23. The van der Waals surface area contributed by atoms with Gasteiger partial charge in [-0.1, -0.05) is 0 Å². The van der Waals surface area contributed by atoms with Gasteiger partial charge in [-0.3, -0.25) is 0 Å². The van der Waals surface area contributed by atoms with Gasteiger partial charge in [0.25, 0.3) is 0 Å². The molecule has 9 heteroatoms. The van der Waals surface area contributed by atoms with Crippen molar-refractivity contribution in [1.82, 2.24) is 4.31 Å². The summed E-state index contributed by atoms with van der Waals surface area (Å²) in [6.07, 6.45) is 0. The Morgan fingerprint density at radius 1 is 1.14 bits per heavy atom. The molecule has 118 valence electrons. The molecule has 1 heterocycles. The molecule has 1 aromatic carbocycles. The third kappa shape index (κ3) is 4.87. The van der Waals surface area contributed by atoms with Gasteiger partial charge < -0.3 is 5.73 Å². The molecule has 1 aliphatic rings. The molecule has 1 fully saturated rings. The molecule has 0 unspecified atom stereocenters. The molecular formula is C12H18N2O4S3. The summed E-state index contributed by atoms with van der Waals surface area (Å²) in [5.41, 5.74) is 6.25. The molecule has 2 N–H and O–H groups in total. The molecule has 0 saturated carbocycles. The second kappa shape index (κ2) is 6.55. The SMILES string of the molecule is Nc1ccc(SCCS(=O)(=O)N2CCS(=O)(=O)CC2)cc1. The highest BCUT2D eigenvalue weighted by atomic mass is 32.2. The number of hydrogen-bond acceptors (Lipinski definition) is 6. The van der Waals surface area contributed by atoms with Crippen LogP contribution >= 0.6 is 11.8 Å². The first-order valence-corrected chi connectivity index (χ1v) is 10.9. The van der Waals surface area contributed by atoms with Crippen LogP contribution in [0.15, 0.2) is 29.2 Å². The summed E-state index contributed by atoms with van der Waals surface area (Å²) in [4.78, 5) is 0.959. The van der Waals surface area contributed by atoms with Crippen LogP contribution in [0.25, 0.3) is 0 Å². The van der Waals surface area contributed by atoms with Crippen molar-refractivity contribution >= 4 is 37.3 Å². The van der Waals surface area contributed by atoms with Crippen LogP contribution in [-0.2, 0) is 19.9 Å². The van der Waals surface area contributed by atoms with E-state index in [0.29, 0.717) is 11.4 Å². The molecular weight excluding hydrogens is 332 g/mol. The number of hydrogen-bond donors (Lipinski definition) is 1. The summed E-state index contributed by atoms with van der Waals surface area (Å²) in [5.74, 6) is 0.256. The van der Waals surface area contributed by atoms with Crippen LogP contribution in [-0.4, -0.2) is 57.2 Å². The Kier molecular flexibility index (Phi) is 5.18. The van der Waals surface area contributed by atoms with Gasteiger partial charge in [-0.25, -0.2) is 16.8 Å². The molecule has 0 amide bonds.